The van der Waals surface area contributed by atoms with Crippen molar-refractivity contribution in [2.24, 2.45) is 5.73 Å². The molecule has 0 aliphatic rings. The molecule has 0 saturated carbocycles. The number of nitrogens with two attached hydrogens (primary N) is 1. The number of phosphoric ester groups is 1. The number of unbranched alkanes of at least 4 members (excludes halogenated alkanes) is 1. The van der Waals surface area contributed by atoms with Crippen LogP contribution in [0.5, 0.6) is 0 Å². The molecular weight excluding hydrogens is 797 g/mol. The Balaban J connectivity index is 4.68. The Kier molecular flexibility index (Phi) is 38.0. The fourth-order valence-corrected chi connectivity index (χ4v) is 5.46. The molecule has 0 aromatic heterocycles. The van der Waals surface area contributed by atoms with Crippen LogP contribution in [0.4, 0.5) is 0 Å². The molecule has 0 aromatic carbocycles. The van der Waals surface area contributed by atoms with E-state index in [-0.39, 0.29) is 12.8 Å². The van der Waals surface area contributed by atoms with E-state index in [1.807, 2.05) is 66.8 Å². The largest absolute Gasteiger partial charge is 0.480 e. The number of carboxylic acid groups (broad SMARTS) is 1. The van der Waals surface area contributed by atoms with E-state index in [1.165, 1.54) is 0 Å². The van der Waals surface area contributed by atoms with Gasteiger partial charge in [-0.1, -0.05) is 148 Å². The van der Waals surface area contributed by atoms with Crippen molar-refractivity contribution in [2.75, 3.05) is 19.8 Å². The molecule has 0 aromatic rings. The molecule has 12 nitrogen and oxygen atoms in total. The molecule has 0 aliphatic carbocycles. The zero-order chi connectivity index (χ0) is 45.1. The average Bonchev–Trinajstić information content (AvgIpc) is 3.23. The van der Waals surface area contributed by atoms with Crippen molar-refractivity contribution >= 4 is 25.7 Å². The van der Waals surface area contributed by atoms with Gasteiger partial charge in [0.05, 0.1) is 19.3 Å². The topological polar surface area (TPSA) is 192 Å². The molecule has 4 atom stereocenters. The smallest absolute Gasteiger partial charge is 0.472 e. The van der Waals surface area contributed by atoms with Crippen LogP contribution in [-0.4, -0.2) is 71.1 Å². The van der Waals surface area contributed by atoms with Crippen molar-refractivity contribution in [1.29, 1.82) is 0 Å². The van der Waals surface area contributed by atoms with Crippen molar-refractivity contribution < 1.29 is 52.6 Å². The van der Waals surface area contributed by atoms with Crippen LogP contribution < -0.4 is 5.73 Å². The standard InChI is InChI=1S/C48H72NO11P/c1-3-5-7-9-11-12-13-14-15-16-17-18-19-24-27-31-35-39-47(52)60-44(41-58-61(55,56)59-42-45(49)48(53)54)40-57-46(51)38-34-30-26-23-21-20-22-25-29-33-37-43(50)36-32-28-10-8-6-4-2/h5-8,11-12,14-15,17-18,20-21,24-30,32-33,37,43-45,50H,3-4,9-10,13,16,19,22-23,31,34-36,38-42,49H2,1-2H3,(H,53,54)(H,55,56)/b7-5-,8-6-,12-11-,15-14-,18-17-,21-20-,27-24-,29-25-,30-26-,32-28-,37-33+/t43?,44-,45+/m1/s1. The van der Waals surface area contributed by atoms with Gasteiger partial charge in [0.2, 0.25) is 0 Å². The zero-order valence-electron chi connectivity index (χ0n) is 36.3. The lowest BCUT2D eigenvalue weighted by atomic mass is 10.2. The molecule has 0 fully saturated rings. The minimum atomic E-state index is -4.77. The molecular formula is C48H72NO11P. The van der Waals surface area contributed by atoms with Gasteiger partial charge in [-0.3, -0.25) is 23.4 Å². The van der Waals surface area contributed by atoms with E-state index < -0.39 is 63.8 Å². The summed E-state index contributed by atoms with van der Waals surface area (Å²) in [5, 5.41) is 18.9. The molecule has 0 rings (SSSR count). The van der Waals surface area contributed by atoms with Gasteiger partial charge in [-0.2, -0.15) is 0 Å². The highest BCUT2D eigenvalue weighted by Crippen LogP contribution is 2.43. The van der Waals surface area contributed by atoms with Gasteiger partial charge in [0, 0.05) is 12.8 Å². The van der Waals surface area contributed by atoms with E-state index in [0.29, 0.717) is 32.1 Å². The van der Waals surface area contributed by atoms with Crippen LogP contribution >= 0.6 is 7.82 Å². The number of phosphoric acid groups is 1. The van der Waals surface area contributed by atoms with Gasteiger partial charge >= 0.3 is 25.7 Å². The number of carboxylic acids is 1. The summed E-state index contributed by atoms with van der Waals surface area (Å²) in [6.07, 6.45) is 52.8. The Morgan fingerprint density at radius 3 is 1.61 bits per heavy atom. The fourth-order valence-electron chi connectivity index (χ4n) is 4.68. The van der Waals surface area contributed by atoms with E-state index in [2.05, 4.69) is 79.1 Å². The Bertz CT molecular complexity index is 1550. The predicted molar refractivity (Wildman–Crippen MR) is 245 cm³/mol. The molecule has 13 heteroatoms. The van der Waals surface area contributed by atoms with Crippen molar-refractivity contribution in [3.05, 3.63) is 134 Å². The van der Waals surface area contributed by atoms with Crippen LogP contribution in [0, 0.1) is 0 Å². The summed E-state index contributed by atoms with van der Waals surface area (Å²) in [5.74, 6) is -2.62. The molecule has 0 amide bonds. The highest BCUT2D eigenvalue weighted by atomic mass is 31.2. The van der Waals surface area contributed by atoms with Crippen LogP contribution in [0.2, 0.25) is 0 Å². The maximum Gasteiger partial charge on any atom is 0.472 e. The molecule has 0 bridgehead atoms. The molecule has 0 saturated heterocycles. The number of esters is 2. The van der Waals surface area contributed by atoms with E-state index in [1.54, 1.807) is 6.08 Å². The lowest BCUT2D eigenvalue weighted by molar-refractivity contribution is -0.161. The van der Waals surface area contributed by atoms with E-state index >= 15 is 0 Å². The number of rotatable bonds is 37. The van der Waals surface area contributed by atoms with Crippen molar-refractivity contribution in [3.63, 3.8) is 0 Å². The molecule has 0 radical (unpaired) electrons. The second-order valence-corrected chi connectivity index (χ2v) is 15.0. The number of aliphatic carboxylic acids is 1. The summed E-state index contributed by atoms with van der Waals surface area (Å²) in [6.45, 7) is 2.33. The van der Waals surface area contributed by atoms with Crippen molar-refractivity contribution in [3.8, 4) is 0 Å². The Morgan fingerprint density at radius 1 is 0.590 bits per heavy atom. The molecule has 0 heterocycles. The number of aliphatic hydroxyl groups excluding tert-OH is 1. The maximum absolute atomic E-state index is 12.6. The normalized spacial score (nSPS) is 15.5. The van der Waals surface area contributed by atoms with Gasteiger partial charge in [0.15, 0.2) is 6.10 Å². The SMILES string of the molecule is CC/C=C\C/C=C\C/C=C\C/C=C\C/C=C\CCCC(=O)O[C@H](COC(=O)CC/C=C\C/C=C\C/C=C\C=C\C(O)C/C=C\C/C=C\CC)COP(=O)(O)OC[C@H](N)C(=O)O. The first-order chi connectivity index (χ1) is 29.5. The monoisotopic (exact) mass is 869 g/mol. The van der Waals surface area contributed by atoms with Crippen LogP contribution in [0.25, 0.3) is 0 Å². The highest BCUT2D eigenvalue weighted by Gasteiger charge is 2.28. The number of aliphatic hydroxyl groups is 1. The molecule has 0 aliphatic heterocycles. The Morgan fingerprint density at radius 2 is 1.07 bits per heavy atom. The maximum atomic E-state index is 12.6. The molecule has 61 heavy (non-hydrogen) atoms. The van der Waals surface area contributed by atoms with Crippen LogP contribution in [0.15, 0.2) is 134 Å². The predicted octanol–water partition coefficient (Wildman–Crippen LogP) is 10.4. The third kappa shape index (κ3) is 40.7. The van der Waals surface area contributed by atoms with Crippen molar-refractivity contribution in [2.45, 2.75) is 128 Å². The van der Waals surface area contributed by atoms with E-state index in [4.69, 9.17) is 24.8 Å². The third-order valence-corrected chi connectivity index (χ3v) is 8.94. The molecule has 0 spiro atoms. The quantitative estimate of drug-likeness (QED) is 0.0152. The average molecular weight is 870 g/mol. The Labute approximate surface area is 365 Å². The lowest BCUT2D eigenvalue weighted by Crippen LogP contribution is -2.34. The molecule has 2 unspecified atom stereocenters. The summed E-state index contributed by atoms with van der Waals surface area (Å²) < 4.78 is 32.5. The number of carbonyl (C=O) groups is 3. The Hall–Kier alpha value is -4.42. The number of hydrogen-bond donors (Lipinski definition) is 4. The van der Waals surface area contributed by atoms with Gasteiger partial charge in [0.25, 0.3) is 0 Å². The third-order valence-electron chi connectivity index (χ3n) is 7.99. The van der Waals surface area contributed by atoms with Gasteiger partial charge in [-0.05, 0) is 83.5 Å². The van der Waals surface area contributed by atoms with Crippen molar-refractivity contribution in [1.82, 2.24) is 0 Å². The fraction of sp³-hybridized carbons (Fsp3) is 0.479. The summed E-state index contributed by atoms with van der Waals surface area (Å²) >= 11 is 0. The minimum Gasteiger partial charge on any atom is -0.480 e. The van der Waals surface area contributed by atoms with Gasteiger partial charge in [-0.15, -0.1) is 0 Å². The van der Waals surface area contributed by atoms with Crippen LogP contribution in [0.1, 0.15) is 110 Å². The second-order valence-electron chi connectivity index (χ2n) is 13.6. The number of ether oxygens (including phenoxy) is 2. The second kappa shape index (κ2) is 41.0. The van der Waals surface area contributed by atoms with Crippen LogP contribution in [0.3, 0.4) is 0 Å². The summed E-state index contributed by atoms with van der Waals surface area (Å²) in [4.78, 5) is 45.9. The number of carbonyl (C=O) groups excluding carboxylic acids is 2. The van der Waals surface area contributed by atoms with Gasteiger partial charge < -0.3 is 30.3 Å². The molecule has 340 valence electrons. The zero-order valence-corrected chi connectivity index (χ0v) is 37.2. The highest BCUT2D eigenvalue weighted by molar-refractivity contribution is 7.47. The first kappa shape index (κ1) is 56.6. The van der Waals surface area contributed by atoms with Gasteiger partial charge in [0.1, 0.15) is 12.6 Å². The first-order valence-corrected chi connectivity index (χ1v) is 22.8. The van der Waals surface area contributed by atoms with Gasteiger partial charge in [-0.25, -0.2) is 4.57 Å². The number of hydrogen-bond acceptors (Lipinski definition) is 10. The minimum absolute atomic E-state index is 0.0476. The van der Waals surface area contributed by atoms with Crippen LogP contribution in [-0.2, 0) is 37.5 Å². The summed E-state index contributed by atoms with van der Waals surface area (Å²) in [7, 11) is -4.77. The first-order valence-electron chi connectivity index (χ1n) is 21.3. The lowest BCUT2D eigenvalue weighted by Gasteiger charge is -2.20. The summed E-state index contributed by atoms with van der Waals surface area (Å²) in [5.41, 5.74) is 5.32. The summed E-state index contributed by atoms with van der Waals surface area (Å²) in [6, 6.07) is -1.56. The van der Waals surface area contributed by atoms with E-state index in [0.717, 1.165) is 51.4 Å². The molecule has 5 N–H and O–H groups in total. The van der Waals surface area contributed by atoms with E-state index in [9.17, 15) is 28.9 Å². The number of allylic oxidation sites excluding steroid dienone is 20.